The molecule has 0 bridgehead atoms. The molecule has 0 aliphatic heterocycles. The van der Waals surface area contributed by atoms with Gasteiger partial charge in [-0.15, -0.1) is 11.6 Å². The predicted molar refractivity (Wildman–Crippen MR) is 79.1 cm³/mol. The molecule has 1 N–H and O–H groups in total. The van der Waals surface area contributed by atoms with E-state index in [1.807, 2.05) is 30.3 Å². The Hall–Kier alpha value is -1.74. The summed E-state index contributed by atoms with van der Waals surface area (Å²) in [4.78, 5) is 4.28. The predicted octanol–water partition coefficient (Wildman–Crippen LogP) is 3.35. The summed E-state index contributed by atoms with van der Waals surface area (Å²) in [7, 11) is 1.63. The van der Waals surface area contributed by atoms with E-state index >= 15 is 0 Å². The lowest BCUT2D eigenvalue weighted by Crippen LogP contribution is -2.25. The van der Waals surface area contributed by atoms with Crippen LogP contribution in [0.15, 0.2) is 48.7 Å². The molecule has 19 heavy (non-hydrogen) atoms. The Labute approximate surface area is 118 Å². The molecule has 2 rings (SSSR count). The molecule has 0 saturated heterocycles. The number of aromatic nitrogens is 1. The lowest BCUT2D eigenvalue weighted by Gasteiger charge is -2.18. The highest BCUT2D eigenvalue weighted by atomic mass is 35.5. The molecular weight excluding hydrogens is 260 g/mol. The average Bonchev–Trinajstić information content (AvgIpc) is 2.48. The van der Waals surface area contributed by atoms with Crippen molar-refractivity contribution in [3.63, 3.8) is 0 Å². The highest BCUT2D eigenvalue weighted by Gasteiger charge is 2.11. The fourth-order valence-electron chi connectivity index (χ4n) is 1.90. The van der Waals surface area contributed by atoms with E-state index in [1.54, 1.807) is 13.3 Å². The monoisotopic (exact) mass is 276 g/mol. The van der Waals surface area contributed by atoms with Crippen LogP contribution in [0.2, 0.25) is 0 Å². The van der Waals surface area contributed by atoms with E-state index in [0.29, 0.717) is 5.88 Å². The fraction of sp³-hybridized carbons (Fsp3) is 0.267. The zero-order valence-corrected chi connectivity index (χ0v) is 11.6. The summed E-state index contributed by atoms with van der Waals surface area (Å²) in [5.41, 5.74) is 1.25. The minimum absolute atomic E-state index is 0.118. The number of ether oxygens (including phenoxy) is 1. The SMILES string of the molecule is COc1cccnc1NC(CCl)Cc1ccccc1. The van der Waals surface area contributed by atoms with Crippen LogP contribution in [0.5, 0.6) is 5.75 Å². The third-order valence-electron chi connectivity index (χ3n) is 2.84. The summed E-state index contributed by atoms with van der Waals surface area (Å²) in [6.07, 6.45) is 2.59. The Balaban J connectivity index is 2.07. The number of alkyl halides is 1. The minimum Gasteiger partial charge on any atom is -0.493 e. The molecule has 1 aromatic carbocycles. The molecule has 0 radical (unpaired) electrons. The van der Waals surface area contributed by atoms with Crippen molar-refractivity contribution in [3.8, 4) is 5.75 Å². The molecular formula is C15H17ClN2O. The maximum absolute atomic E-state index is 6.03. The zero-order chi connectivity index (χ0) is 13.5. The van der Waals surface area contributed by atoms with Crippen LogP contribution in [0, 0.1) is 0 Å². The first-order valence-corrected chi connectivity index (χ1v) is 6.72. The number of anilines is 1. The van der Waals surface area contributed by atoms with Crippen LogP contribution < -0.4 is 10.1 Å². The van der Waals surface area contributed by atoms with Crippen molar-refractivity contribution in [2.24, 2.45) is 0 Å². The van der Waals surface area contributed by atoms with Crippen LogP contribution in [0.25, 0.3) is 0 Å². The zero-order valence-electron chi connectivity index (χ0n) is 10.8. The third-order valence-corrected chi connectivity index (χ3v) is 3.22. The summed E-state index contributed by atoms with van der Waals surface area (Å²) >= 11 is 6.03. The van der Waals surface area contributed by atoms with E-state index in [-0.39, 0.29) is 6.04 Å². The maximum Gasteiger partial charge on any atom is 0.168 e. The Morgan fingerprint density at radius 3 is 2.68 bits per heavy atom. The fourth-order valence-corrected chi connectivity index (χ4v) is 2.09. The summed E-state index contributed by atoms with van der Waals surface area (Å²) in [5, 5.41) is 3.33. The number of halogens is 1. The summed E-state index contributed by atoms with van der Waals surface area (Å²) in [5.74, 6) is 1.96. The van der Waals surface area contributed by atoms with Gasteiger partial charge in [-0.3, -0.25) is 0 Å². The molecule has 0 aliphatic rings. The number of benzene rings is 1. The molecule has 0 saturated carbocycles. The second-order valence-corrected chi connectivity index (χ2v) is 4.55. The Kier molecular flexibility index (Phi) is 5.04. The molecule has 0 aliphatic carbocycles. The molecule has 1 unspecified atom stereocenters. The van der Waals surface area contributed by atoms with Crippen molar-refractivity contribution in [3.05, 3.63) is 54.2 Å². The second-order valence-electron chi connectivity index (χ2n) is 4.24. The smallest absolute Gasteiger partial charge is 0.168 e. The van der Waals surface area contributed by atoms with Crippen LogP contribution in [0.4, 0.5) is 5.82 Å². The van der Waals surface area contributed by atoms with Crippen LogP contribution in [-0.4, -0.2) is 24.0 Å². The van der Waals surface area contributed by atoms with Gasteiger partial charge >= 0.3 is 0 Å². The van der Waals surface area contributed by atoms with E-state index in [4.69, 9.17) is 16.3 Å². The van der Waals surface area contributed by atoms with E-state index < -0.39 is 0 Å². The van der Waals surface area contributed by atoms with Gasteiger partial charge in [0, 0.05) is 18.1 Å². The van der Waals surface area contributed by atoms with Gasteiger partial charge < -0.3 is 10.1 Å². The number of hydrogen-bond donors (Lipinski definition) is 1. The van der Waals surface area contributed by atoms with Gasteiger partial charge in [-0.05, 0) is 24.1 Å². The van der Waals surface area contributed by atoms with Gasteiger partial charge in [0.1, 0.15) is 0 Å². The molecule has 100 valence electrons. The van der Waals surface area contributed by atoms with Crippen molar-refractivity contribution in [1.82, 2.24) is 4.98 Å². The molecule has 2 aromatic rings. The van der Waals surface area contributed by atoms with Crippen molar-refractivity contribution < 1.29 is 4.74 Å². The molecule has 1 heterocycles. The van der Waals surface area contributed by atoms with Crippen molar-refractivity contribution >= 4 is 17.4 Å². The second kappa shape index (κ2) is 7.00. The van der Waals surface area contributed by atoms with Crippen LogP contribution >= 0.6 is 11.6 Å². The standard InChI is InChI=1S/C15H17ClN2O/c1-19-14-8-5-9-17-15(14)18-13(11-16)10-12-6-3-2-4-7-12/h2-9,13H,10-11H2,1H3,(H,17,18). The highest BCUT2D eigenvalue weighted by Crippen LogP contribution is 2.21. The molecule has 0 spiro atoms. The maximum atomic E-state index is 6.03. The first-order valence-electron chi connectivity index (χ1n) is 6.19. The quantitative estimate of drug-likeness (QED) is 0.822. The summed E-state index contributed by atoms with van der Waals surface area (Å²) < 4.78 is 5.27. The number of hydrogen-bond acceptors (Lipinski definition) is 3. The first kappa shape index (κ1) is 13.7. The number of methoxy groups -OCH3 is 1. The van der Waals surface area contributed by atoms with Crippen molar-refractivity contribution in [2.45, 2.75) is 12.5 Å². The average molecular weight is 277 g/mol. The Bertz CT molecular complexity index is 505. The topological polar surface area (TPSA) is 34.1 Å². The number of rotatable bonds is 6. The Morgan fingerprint density at radius 1 is 1.21 bits per heavy atom. The number of nitrogens with one attached hydrogen (secondary N) is 1. The van der Waals surface area contributed by atoms with Gasteiger partial charge in [0.15, 0.2) is 11.6 Å². The van der Waals surface area contributed by atoms with Gasteiger partial charge in [-0.1, -0.05) is 30.3 Å². The minimum atomic E-state index is 0.118. The lowest BCUT2D eigenvalue weighted by molar-refractivity contribution is 0.414. The van der Waals surface area contributed by atoms with Gasteiger partial charge in [0.2, 0.25) is 0 Å². The van der Waals surface area contributed by atoms with E-state index in [1.165, 1.54) is 5.56 Å². The molecule has 0 amide bonds. The molecule has 1 atom stereocenters. The van der Waals surface area contributed by atoms with Crippen LogP contribution in [0.1, 0.15) is 5.56 Å². The first-order chi connectivity index (χ1) is 9.33. The van der Waals surface area contributed by atoms with Crippen molar-refractivity contribution in [2.75, 3.05) is 18.3 Å². The van der Waals surface area contributed by atoms with Crippen LogP contribution in [0.3, 0.4) is 0 Å². The van der Waals surface area contributed by atoms with Gasteiger partial charge in [-0.2, -0.15) is 0 Å². The summed E-state index contributed by atoms with van der Waals surface area (Å²) in [6, 6.07) is 14.1. The largest absolute Gasteiger partial charge is 0.493 e. The normalized spacial score (nSPS) is 11.9. The van der Waals surface area contributed by atoms with E-state index in [2.05, 4.69) is 22.4 Å². The van der Waals surface area contributed by atoms with Crippen LogP contribution in [-0.2, 0) is 6.42 Å². The highest BCUT2D eigenvalue weighted by molar-refractivity contribution is 6.18. The molecule has 3 nitrogen and oxygen atoms in total. The third kappa shape index (κ3) is 3.86. The molecule has 4 heteroatoms. The summed E-state index contributed by atoms with van der Waals surface area (Å²) in [6.45, 7) is 0. The van der Waals surface area contributed by atoms with Gasteiger partial charge in [0.05, 0.1) is 7.11 Å². The van der Waals surface area contributed by atoms with Gasteiger partial charge in [0.25, 0.3) is 0 Å². The Morgan fingerprint density at radius 2 is 2.00 bits per heavy atom. The number of nitrogens with zero attached hydrogens (tertiary/aromatic N) is 1. The van der Waals surface area contributed by atoms with Gasteiger partial charge in [-0.25, -0.2) is 4.98 Å². The lowest BCUT2D eigenvalue weighted by atomic mass is 10.1. The van der Waals surface area contributed by atoms with E-state index in [0.717, 1.165) is 18.0 Å². The molecule has 0 fully saturated rings. The van der Waals surface area contributed by atoms with E-state index in [9.17, 15) is 0 Å². The number of pyridine rings is 1. The van der Waals surface area contributed by atoms with Crippen molar-refractivity contribution in [1.29, 1.82) is 0 Å². The molecule has 1 aromatic heterocycles.